The number of nitrogens with zero attached hydrogens (tertiary/aromatic N) is 1. The molecule has 0 bridgehead atoms. The molecule has 1 aromatic heterocycles. The lowest BCUT2D eigenvalue weighted by Crippen LogP contribution is -2.45. The van der Waals surface area contributed by atoms with Crippen molar-refractivity contribution in [1.82, 2.24) is 10.2 Å². The van der Waals surface area contributed by atoms with Gasteiger partial charge in [0.2, 0.25) is 0 Å². The quantitative estimate of drug-likeness (QED) is 0.803. The second-order valence-corrected chi connectivity index (χ2v) is 3.99. The van der Waals surface area contributed by atoms with Crippen LogP contribution in [0.4, 0.5) is 0 Å². The van der Waals surface area contributed by atoms with Crippen LogP contribution in [0, 0.1) is 0 Å². The van der Waals surface area contributed by atoms with Crippen LogP contribution in [0.25, 0.3) is 0 Å². The first kappa shape index (κ1) is 10.7. The second kappa shape index (κ2) is 4.79. The second-order valence-electron chi connectivity index (χ2n) is 3.99. The van der Waals surface area contributed by atoms with E-state index in [1.165, 1.54) is 0 Å². The summed E-state index contributed by atoms with van der Waals surface area (Å²) >= 11 is 0. The predicted octanol–water partition coefficient (Wildman–Crippen LogP) is 0.871. The molecular formula is C11H18N2O2. The Balaban J connectivity index is 2.06. The molecule has 84 valence electrons. The Kier molecular flexibility index (Phi) is 3.41. The molecule has 0 aromatic carbocycles. The number of rotatable bonds is 3. The van der Waals surface area contributed by atoms with Gasteiger partial charge in [0.1, 0.15) is 0 Å². The molecule has 15 heavy (non-hydrogen) atoms. The van der Waals surface area contributed by atoms with E-state index < -0.39 is 0 Å². The topological polar surface area (TPSA) is 37.6 Å². The van der Waals surface area contributed by atoms with Crippen LogP contribution in [0.15, 0.2) is 23.0 Å². The predicted molar refractivity (Wildman–Crippen MR) is 57.7 cm³/mol. The van der Waals surface area contributed by atoms with Crippen molar-refractivity contribution >= 4 is 0 Å². The van der Waals surface area contributed by atoms with E-state index in [4.69, 9.17) is 9.15 Å². The Morgan fingerprint density at radius 1 is 1.60 bits per heavy atom. The van der Waals surface area contributed by atoms with E-state index in [1.807, 2.05) is 13.1 Å². The monoisotopic (exact) mass is 210 g/mol. The standard InChI is InChI=1S/C11H18N2O2/c1-12-11(9-3-5-14-8-9)10-7-13(2)4-6-15-10/h3,5,8,10-12H,4,6-7H2,1-2H3. The number of furan rings is 1. The SMILES string of the molecule is CNC(c1ccoc1)C1CN(C)CCO1. The summed E-state index contributed by atoms with van der Waals surface area (Å²) in [5.41, 5.74) is 1.15. The van der Waals surface area contributed by atoms with Crippen molar-refractivity contribution in [2.75, 3.05) is 33.8 Å². The maximum atomic E-state index is 5.78. The van der Waals surface area contributed by atoms with Gasteiger partial charge in [-0.25, -0.2) is 0 Å². The molecule has 1 fully saturated rings. The average molecular weight is 210 g/mol. The third-order valence-corrected chi connectivity index (χ3v) is 2.88. The summed E-state index contributed by atoms with van der Waals surface area (Å²) in [4.78, 5) is 2.29. The minimum absolute atomic E-state index is 0.200. The Labute approximate surface area is 90.2 Å². The van der Waals surface area contributed by atoms with Crippen molar-refractivity contribution in [3.05, 3.63) is 24.2 Å². The highest BCUT2D eigenvalue weighted by molar-refractivity contribution is 5.13. The lowest BCUT2D eigenvalue weighted by molar-refractivity contribution is -0.0381. The normalized spacial score (nSPS) is 25.3. The zero-order chi connectivity index (χ0) is 10.7. The molecule has 0 spiro atoms. The van der Waals surface area contributed by atoms with E-state index in [9.17, 15) is 0 Å². The summed E-state index contributed by atoms with van der Waals surface area (Å²) in [6.45, 7) is 2.77. The van der Waals surface area contributed by atoms with Gasteiger partial charge in [0.15, 0.2) is 0 Å². The highest BCUT2D eigenvalue weighted by Crippen LogP contribution is 2.21. The number of ether oxygens (including phenoxy) is 1. The van der Waals surface area contributed by atoms with E-state index in [0.717, 1.165) is 25.3 Å². The van der Waals surface area contributed by atoms with Crippen molar-refractivity contribution in [1.29, 1.82) is 0 Å². The van der Waals surface area contributed by atoms with Crippen molar-refractivity contribution < 1.29 is 9.15 Å². The lowest BCUT2D eigenvalue weighted by atomic mass is 10.0. The van der Waals surface area contributed by atoms with Crippen LogP contribution in [0.2, 0.25) is 0 Å². The first-order valence-electron chi connectivity index (χ1n) is 5.31. The smallest absolute Gasteiger partial charge is 0.0951 e. The molecule has 4 nitrogen and oxygen atoms in total. The van der Waals surface area contributed by atoms with Gasteiger partial charge in [0, 0.05) is 18.7 Å². The molecule has 1 aliphatic rings. The fraction of sp³-hybridized carbons (Fsp3) is 0.636. The molecule has 2 heterocycles. The third kappa shape index (κ3) is 2.40. The van der Waals surface area contributed by atoms with Crippen molar-refractivity contribution in [2.24, 2.45) is 0 Å². The molecule has 2 unspecified atom stereocenters. The molecular weight excluding hydrogens is 192 g/mol. The van der Waals surface area contributed by atoms with Crippen LogP contribution in [-0.4, -0.2) is 44.8 Å². The van der Waals surface area contributed by atoms with Gasteiger partial charge in [-0.05, 0) is 20.2 Å². The molecule has 0 radical (unpaired) electrons. The molecule has 4 heteroatoms. The number of likely N-dealkylation sites (N-methyl/N-ethyl adjacent to an activating group) is 2. The number of hydrogen-bond donors (Lipinski definition) is 1. The van der Waals surface area contributed by atoms with E-state index >= 15 is 0 Å². The summed E-state index contributed by atoms with van der Waals surface area (Å²) in [6, 6.07) is 2.20. The van der Waals surface area contributed by atoms with Crippen LogP contribution in [0.3, 0.4) is 0 Å². The number of morpholine rings is 1. The van der Waals surface area contributed by atoms with Crippen LogP contribution >= 0.6 is 0 Å². The minimum Gasteiger partial charge on any atom is -0.472 e. The zero-order valence-electron chi connectivity index (χ0n) is 9.27. The van der Waals surface area contributed by atoms with Crippen LogP contribution < -0.4 is 5.32 Å². The maximum absolute atomic E-state index is 5.78. The highest BCUT2D eigenvalue weighted by Gasteiger charge is 2.27. The summed E-state index contributed by atoms with van der Waals surface area (Å²) in [6.07, 6.45) is 3.68. The summed E-state index contributed by atoms with van der Waals surface area (Å²) in [5, 5.41) is 3.28. The fourth-order valence-corrected chi connectivity index (χ4v) is 2.03. The van der Waals surface area contributed by atoms with Crippen LogP contribution in [0.1, 0.15) is 11.6 Å². The molecule has 1 aromatic rings. The minimum atomic E-state index is 0.200. The van der Waals surface area contributed by atoms with Gasteiger partial charge in [-0.2, -0.15) is 0 Å². The van der Waals surface area contributed by atoms with E-state index in [-0.39, 0.29) is 12.1 Å². The Morgan fingerprint density at radius 3 is 3.07 bits per heavy atom. The Morgan fingerprint density at radius 2 is 2.47 bits per heavy atom. The van der Waals surface area contributed by atoms with E-state index in [0.29, 0.717) is 0 Å². The van der Waals surface area contributed by atoms with Gasteiger partial charge < -0.3 is 19.4 Å². The molecule has 0 saturated carbocycles. The van der Waals surface area contributed by atoms with Gasteiger partial charge in [-0.3, -0.25) is 0 Å². The Bertz CT molecular complexity index is 287. The van der Waals surface area contributed by atoms with E-state index in [2.05, 4.69) is 17.3 Å². The van der Waals surface area contributed by atoms with Gasteiger partial charge >= 0.3 is 0 Å². The molecule has 2 atom stereocenters. The largest absolute Gasteiger partial charge is 0.472 e. The maximum Gasteiger partial charge on any atom is 0.0951 e. The average Bonchev–Trinajstić information content (AvgIpc) is 2.72. The van der Waals surface area contributed by atoms with Gasteiger partial charge in [-0.15, -0.1) is 0 Å². The van der Waals surface area contributed by atoms with Crippen molar-refractivity contribution in [3.8, 4) is 0 Å². The van der Waals surface area contributed by atoms with E-state index in [1.54, 1.807) is 12.5 Å². The molecule has 1 aliphatic heterocycles. The molecule has 2 rings (SSSR count). The number of nitrogens with one attached hydrogen (secondary N) is 1. The summed E-state index contributed by atoms with van der Waals surface area (Å²) < 4.78 is 10.9. The van der Waals surface area contributed by atoms with Crippen molar-refractivity contribution in [3.63, 3.8) is 0 Å². The number of hydrogen-bond acceptors (Lipinski definition) is 4. The third-order valence-electron chi connectivity index (χ3n) is 2.88. The highest BCUT2D eigenvalue weighted by atomic mass is 16.5. The first-order valence-corrected chi connectivity index (χ1v) is 5.31. The summed E-state index contributed by atoms with van der Waals surface area (Å²) in [5.74, 6) is 0. The van der Waals surface area contributed by atoms with Gasteiger partial charge in [-0.1, -0.05) is 0 Å². The van der Waals surface area contributed by atoms with Crippen molar-refractivity contribution in [2.45, 2.75) is 12.1 Å². The summed E-state index contributed by atoms with van der Waals surface area (Å²) in [7, 11) is 4.08. The molecule has 0 aliphatic carbocycles. The lowest BCUT2D eigenvalue weighted by Gasteiger charge is -2.34. The fourth-order valence-electron chi connectivity index (χ4n) is 2.03. The Hall–Kier alpha value is -0.840. The first-order chi connectivity index (χ1) is 7.31. The zero-order valence-corrected chi connectivity index (χ0v) is 9.27. The van der Waals surface area contributed by atoms with Gasteiger partial charge in [0.25, 0.3) is 0 Å². The van der Waals surface area contributed by atoms with Crippen LogP contribution in [0.5, 0.6) is 0 Å². The molecule has 0 amide bonds. The van der Waals surface area contributed by atoms with Gasteiger partial charge in [0.05, 0.1) is 31.3 Å². The molecule has 1 saturated heterocycles. The van der Waals surface area contributed by atoms with Crippen LogP contribution in [-0.2, 0) is 4.74 Å². The molecule has 1 N–H and O–H groups in total.